The first-order valence-corrected chi connectivity index (χ1v) is 14.8. The predicted octanol–water partition coefficient (Wildman–Crippen LogP) is 5.68. The molecular formula is C30H33F4N3O4S. The van der Waals surface area contributed by atoms with Gasteiger partial charge in [-0.2, -0.15) is 13.2 Å². The van der Waals surface area contributed by atoms with Crippen LogP contribution in [-0.2, 0) is 32.3 Å². The summed E-state index contributed by atoms with van der Waals surface area (Å²) in [5.74, 6) is -2.10. The number of hydrogen-bond donors (Lipinski definition) is 1. The summed E-state index contributed by atoms with van der Waals surface area (Å²) in [5.41, 5.74) is -0.686. The van der Waals surface area contributed by atoms with E-state index in [0.717, 1.165) is 35.1 Å². The smallest absolute Gasteiger partial charge is 0.354 e. The quantitative estimate of drug-likeness (QED) is 0.212. The SMILES string of the molecule is CCCCNC(=O)[C@@H](C)N(Cc1ccccc1F)C(=O)CN(c1cccc(C(F)(F)F)c1)S(=O)(=O)c1ccc(C)cc1. The molecule has 0 aromatic heterocycles. The highest BCUT2D eigenvalue weighted by atomic mass is 32.2. The molecule has 0 fully saturated rings. The van der Waals surface area contributed by atoms with Gasteiger partial charge in [0.15, 0.2) is 0 Å². The Balaban J connectivity index is 2.07. The van der Waals surface area contributed by atoms with Crippen LogP contribution in [-0.4, -0.2) is 44.3 Å². The summed E-state index contributed by atoms with van der Waals surface area (Å²) in [6, 6.07) is 13.7. The van der Waals surface area contributed by atoms with E-state index < -0.39 is 57.7 Å². The lowest BCUT2D eigenvalue weighted by Gasteiger charge is -2.32. The minimum Gasteiger partial charge on any atom is -0.354 e. The van der Waals surface area contributed by atoms with Crippen LogP contribution < -0.4 is 9.62 Å². The number of carbonyl (C=O) groups excluding carboxylic acids is 2. The van der Waals surface area contributed by atoms with Gasteiger partial charge in [0.1, 0.15) is 18.4 Å². The van der Waals surface area contributed by atoms with E-state index in [9.17, 15) is 35.6 Å². The summed E-state index contributed by atoms with van der Waals surface area (Å²) in [4.78, 5) is 27.5. The van der Waals surface area contributed by atoms with E-state index in [0.29, 0.717) is 23.3 Å². The lowest BCUT2D eigenvalue weighted by Crippen LogP contribution is -2.51. The highest BCUT2D eigenvalue weighted by Crippen LogP contribution is 2.33. The number of rotatable bonds is 12. The fourth-order valence-electron chi connectivity index (χ4n) is 4.13. The Bertz CT molecular complexity index is 1490. The minimum atomic E-state index is -4.78. The van der Waals surface area contributed by atoms with Gasteiger partial charge >= 0.3 is 6.18 Å². The molecule has 42 heavy (non-hydrogen) atoms. The Hall–Kier alpha value is -3.93. The number of carbonyl (C=O) groups is 2. The third kappa shape index (κ3) is 8.09. The number of aryl methyl sites for hydroxylation is 1. The monoisotopic (exact) mass is 607 g/mol. The van der Waals surface area contributed by atoms with Crippen LogP contribution in [0.2, 0.25) is 0 Å². The molecule has 0 heterocycles. The zero-order valence-electron chi connectivity index (χ0n) is 23.5. The topological polar surface area (TPSA) is 86.8 Å². The van der Waals surface area contributed by atoms with Gasteiger partial charge in [0.2, 0.25) is 11.8 Å². The largest absolute Gasteiger partial charge is 0.416 e. The lowest BCUT2D eigenvalue weighted by molar-refractivity contribution is -0.139. The minimum absolute atomic E-state index is 0.0751. The Kier molecular flexibility index (Phi) is 10.7. The van der Waals surface area contributed by atoms with E-state index in [4.69, 9.17) is 0 Å². The zero-order valence-corrected chi connectivity index (χ0v) is 24.3. The molecule has 1 N–H and O–H groups in total. The molecule has 7 nitrogen and oxygen atoms in total. The van der Waals surface area contributed by atoms with Crippen molar-refractivity contribution in [2.45, 2.75) is 57.3 Å². The lowest BCUT2D eigenvalue weighted by atomic mass is 10.1. The van der Waals surface area contributed by atoms with Crippen LogP contribution in [0, 0.1) is 12.7 Å². The molecule has 0 aliphatic heterocycles. The fraction of sp³-hybridized carbons (Fsp3) is 0.333. The molecule has 0 spiro atoms. The first kappa shape index (κ1) is 32.6. The Morgan fingerprint density at radius 1 is 0.976 bits per heavy atom. The molecule has 226 valence electrons. The van der Waals surface area contributed by atoms with E-state index in [1.165, 1.54) is 49.4 Å². The molecule has 0 radical (unpaired) electrons. The molecule has 2 amide bonds. The summed E-state index contributed by atoms with van der Waals surface area (Å²) in [7, 11) is -4.56. The second-order valence-electron chi connectivity index (χ2n) is 9.81. The number of halogens is 4. The van der Waals surface area contributed by atoms with Crippen molar-refractivity contribution in [2.75, 3.05) is 17.4 Å². The van der Waals surface area contributed by atoms with Crippen molar-refractivity contribution >= 4 is 27.5 Å². The summed E-state index contributed by atoms with van der Waals surface area (Å²) in [6.07, 6.45) is -3.30. The van der Waals surface area contributed by atoms with Crippen molar-refractivity contribution in [3.63, 3.8) is 0 Å². The van der Waals surface area contributed by atoms with Crippen LogP contribution in [0.15, 0.2) is 77.7 Å². The molecule has 1 atom stereocenters. The molecule has 3 aromatic rings. The van der Waals surface area contributed by atoms with Crippen LogP contribution in [0.5, 0.6) is 0 Å². The summed E-state index contributed by atoms with van der Waals surface area (Å²) >= 11 is 0. The maximum absolute atomic E-state index is 14.6. The number of unbranched alkanes of at least 4 members (excludes halogenated alkanes) is 1. The summed E-state index contributed by atoms with van der Waals surface area (Å²) < 4.78 is 83.4. The van der Waals surface area contributed by atoms with Crippen LogP contribution in [0.25, 0.3) is 0 Å². The van der Waals surface area contributed by atoms with E-state index >= 15 is 0 Å². The second kappa shape index (κ2) is 13.8. The molecule has 3 rings (SSSR count). The number of sulfonamides is 1. The molecular weight excluding hydrogens is 574 g/mol. The van der Waals surface area contributed by atoms with Crippen LogP contribution in [0.1, 0.15) is 43.4 Å². The highest BCUT2D eigenvalue weighted by Gasteiger charge is 2.35. The number of nitrogens with one attached hydrogen (secondary N) is 1. The molecule has 0 unspecified atom stereocenters. The number of anilines is 1. The highest BCUT2D eigenvalue weighted by molar-refractivity contribution is 7.92. The van der Waals surface area contributed by atoms with Gasteiger partial charge in [-0.15, -0.1) is 0 Å². The fourth-order valence-corrected chi connectivity index (χ4v) is 5.54. The first-order valence-electron chi connectivity index (χ1n) is 13.3. The van der Waals surface area contributed by atoms with Gasteiger partial charge in [-0.1, -0.05) is 55.3 Å². The third-order valence-electron chi connectivity index (χ3n) is 6.64. The van der Waals surface area contributed by atoms with Crippen molar-refractivity contribution in [3.05, 3.63) is 95.3 Å². The van der Waals surface area contributed by atoms with Crippen LogP contribution in [0.3, 0.4) is 0 Å². The van der Waals surface area contributed by atoms with Gasteiger partial charge in [0, 0.05) is 18.7 Å². The number of nitrogens with zero attached hydrogens (tertiary/aromatic N) is 2. The zero-order chi connectivity index (χ0) is 31.1. The second-order valence-corrected chi connectivity index (χ2v) is 11.7. The van der Waals surface area contributed by atoms with Crippen LogP contribution in [0.4, 0.5) is 23.2 Å². The average Bonchev–Trinajstić information content (AvgIpc) is 2.94. The standard InChI is InChI=1S/C30H33F4N3O4S/c1-4-5-17-35-29(39)22(3)36(19-23-9-6-7-12-27(23)31)28(38)20-37(25-11-8-10-24(18-25)30(32,33)34)42(40,41)26-15-13-21(2)14-16-26/h6-16,18,22H,4-5,17,19-20H2,1-3H3,(H,35,39)/t22-/m1/s1. The van der Waals surface area contributed by atoms with E-state index in [1.807, 2.05) is 6.92 Å². The number of benzene rings is 3. The van der Waals surface area contributed by atoms with Gasteiger partial charge in [0.05, 0.1) is 16.1 Å². The van der Waals surface area contributed by atoms with Crippen molar-refractivity contribution in [1.82, 2.24) is 10.2 Å². The van der Waals surface area contributed by atoms with Gasteiger partial charge in [-0.3, -0.25) is 13.9 Å². The van der Waals surface area contributed by atoms with E-state index in [2.05, 4.69) is 5.32 Å². The molecule has 0 aliphatic carbocycles. The van der Waals surface area contributed by atoms with Gasteiger partial charge < -0.3 is 10.2 Å². The Labute approximate surface area is 243 Å². The molecule has 3 aromatic carbocycles. The van der Waals surface area contributed by atoms with Gasteiger partial charge in [-0.05, 0) is 56.7 Å². The van der Waals surface area contributed by atoms with Crippen LogP contribution >= 0.6 is 0 Å². The Morgan fingerprint density at radius 2 is 1.64 bits per heavy atom. The predicted molar refractivity (Wildman–Crippen MR) is 151 cm³/mol. The summed E-state index contributed by atoms with van der Waals surface area (Å²) in [6.45, 7) is 4.09. The Morgan fingerprint density at radius 3 is 2.26 bits per heavy atom. The average molecular weight is 608 g/mol. The van der Waals surface area contributed by atoms with E-state index in [-0.39, 0.29) is 17.0 Å². The van der Waals surface area contributed by atoms with Gasteiger partial charge in [0.25, 0.3) is 10.0 Å². The number of alkyl halides is 3. The van der Waals surface area contributed by atoms with Gasteiger partial charge in [-0.25, -0.2) is 12.8 Å². The maximum Gasteiger partial charge on any atom is 0.416 e. The summed E-state index contributed by atoms with van der Waals surface area (Å²) in [5, 5.41) is 2.71. The van der Waals surface area contributed by atoms with E-state index in [1.54, 1.807) is 13.0 Å². The van der Waals surface area contributed by atoms with Crippen molar-refractivity contribution in [3.8, 4) is 0 Å². The number of hydrogen-bond acceptors (Lipinski definition) is 4. The molecule has 0 bridgehead atoms. The molecule has 12 heteroatoms. The molecule has 0 saturated heterocycles. The molecule has 0 saturated carbocycles. The van der Waals surface area contributed by atoms with Crippen molar-refractivity contribution in [2.24, 2.45) is 0 Å². The van der Waals surface area contributed by atoms with Crippen molar-refractivity contribution in [1.29, 1.82) is 0 Å². The number of amides is 2. The van der Waals surface area contributed by atoms with Crippen molar-refractivity contribution < 1.29 is 35.6 Å². The third-order valence-corrected chi connectivity index (χ3v) is 8.43. The normalized spacial score (nSPS) is 12.5. The molecule has 0 aliphatic rings. The maximum atomic E-state index is 14.6. The first-order chi connectivity index (χ1) is 19.8.